The first-order valence-electron chi connectivity index (χ1n) is 6.24. The Kier molecular flexibility index (Phi) is 12.8. The van der Waals surface area contributed by atoms with Gasteiger partial charge in [0.25, 0.3) is 0 Å². The maximum Gasteiger partial charge on any atom is 0.330 e. The Morgan fingerprint density at radius 3 is 2.11 bits per heavy atom. The van der Waals surface area contributed by atoms with Gasteiger partial charge in [-0.2, -0.15) is 0 Å². The van der Waals surface area contributed by atoms with Gasteiger partial charge in [0.2, 0.25) is 0 Å². The van der Waals surface area contributed by atoms with E-state index >= 15 is 0 Å². The van der Waals surface area contributed by atoms with Gasteiger partial charge in [-0.25, -0.2) is 4.79 Å². The van der Waals surface area contributed by atoms with E-state index in [-0.39, 0.29) is 6.29 Å². The minimum absolute atomic E-state index is 0.322. The van der Waals surface area contributed by atoms with Crippen LogP contribution in [0.4, 0.5) is 0 Å². The third kappa shape index (κ3) is 11.9. The average Bonchev–Trinajstić information content (AvgIpc) is 2.43. The van der Waals surface area contributed by atoms with Gasteiger partial charge in [0.05, 0.1) is 33.0 Å². The van der Waals surface area contributed by atoms with Gasteiger partial charge in [0.1, 0.15) is 0 Å². The molecule has 19 heavy (non-hydrogen) atoms. The Bertz CT molecular complexity index is 221. The number of methoxy groups -OCH3 is 2. The smallest absolute Gasteiger partial charge is 0.330 e. The molecule has 0 aromatic heterocycles. The maximum absolute atomic E-state index is 10.8. The third-order valence-electron chi connectivity index (χ3n) is 2.18. The van der Waals surface area contributed by atoms with Gasteiger partial charge >= 0.3 is 5.97 Å². The lowest BCUT2D eigenvalue weighted by Gasteiger charge is -2.18. The van der Waals surface area contributed by atoms with E-state index in [1.54, 1.807) is 14.2 Å². The lowest BCUT2D eigenvalue weighted by molar-refractivity contribution is -0.161. The highest BCUT2D eigenvalue weighted by Gasteiger charge is 2.09. The van der Waals surface area contributed by atoms with Crippen LogP contribution in [0.2, 0.25) is 0 Å². The summed E-state index contributed by atoms with van der Waals surface area (Å²) in [7, 11) is 3.22. The second-order valence-electron chi connectivity index (χ2n) is 3.67. The molecular weight excluding hydrogens is 252 g/mol. The van der Waals surface area contributed by atoms with Crippen molar-refractivity contribution in [1.29, 1.82) is 0 Å². The summed E-state index contributed by atoms with van der Waals surface area (Å²) in [5.41, 5.74) is 0. The largest absolute Gasteiger partial charge is 0.463 e. The van der Waals surface area contributed by atoms with Crippen LogP contribution < -0.4 is 0 Å². The summed E-state index contributed by atoms with van der Waals surface area (Å²) in [6, 6.07) is 0. The van der Waals surface area contributed by atoms with Crippen molar-refractivity contribution in [2.24, 2.45) is 0 Å². The fourth-order valence-electron chi connectivity index (χ4n) is 1.22. The molecule has 0 bridgehead atoms. The zero-order valence-corrected chi connectivity index (χ0v) is 11.8. The molecule has 0 aliphatic rings. The van der Waals surface area contributed by atoms with Crippen molar-refractivity contribution >= 4 is 5.97 Å². The summed E-state index contributed by atoms with van der Waals surface area (Å²) in [4.78, 5) is 10.8. The quantitative estimate of drug-likeness (QED) is 0.218. The molecule has 0 N–H and O–H groups in total. The number of rotatable bonds is 13. The Morgan fingerprint density at radius 1 is 1.05 bits per heavy atom. The van der Waals surface area contributed by atoms with Crippen molar-refractivity contribution < 1.29 is 28.5 Å². The zero-order valence-electron chi connectivity index (χ0n) is 11.8. The van der Waals surface area contributed by atoms with Gasteiger partial charge in [0.15, 0.2) is 6.29 Å². The predicted molar refractivity (Wildman–Crippen MR) is 69.8 cm³/mol. The van der Waals surface area contributed by atoms with Crippen LogP contribution in [-0.2, 0) is 28.5 Å². The predicted octanol–water partition coefficient (Wildman–Crippen LogP) is 1.15. The fraction of sp³-hybridized carbons (Fsp3) is 0.769. The lowest BCUT2D eigenvalue weighted by atomic mass is 10.3. The maximum atomic E-state index is 10.8. The van der Waals surface area contributed by atoms with Crippen LogP contribution in [0.5, 0.6) is 0 Å². The normalized spacial score (nSPS) is 10.7. The van der Waals surface area contributed by atoms with Crippen LogP contribution in [0.3, 0.4) is 0 Å². The summed E-state index contributed by atoms with van der Waals surface area (Å²) in [5.74, 6) is -0.419. The second-order valence-corrected chi connectivity index (χ2v) is 3.67. The highest BCUT2D eigenvalue weighted by atomic mass is 16.7. The topological polar surface area (TPSA) is 63.2 Å². The van der Waals surface area contributed by atoms with E-state index in [1.807, 2.05) is 0 Å². The van der Waals surface area contributed by atoms with E-state index in [2.05, 4.69) is 6.58 Å². The Balaban J connectivity index is 3.75. The minimum Gasteiger partial charge on any atom is -0.463 e. The van der Waals surface area contributed by atoms with Crippen LogP contribution in [0.25, 0.3) is 0 Å². The third-order valence-corrected chi connectivity index (χ3v) is 2.18. The second kappa shape index (κ2) is 13.5. The molecule has 0 radical (unpaired) electrons. The summed E-state index contributed by atoms with van der Waals surface area (Å²) >= 11 is 0. The molecule has 0 spiro atoms. The van der Waals surface area contributed by atoms with E-state index in [1.165, 1.54) is 0 Å². The number of carbonyl (C=O) groups excluding carboxylic acids is 1. The molecule has 6 heteroatoms. The first kappa shape index (κ1) is 18.0. The van der Waals surface area contributed by atoms with Crippen LogP contribution in [0.15, 0.2) is 12.7 Å². The number of ether oxygens (including phenoxy) is 5. The summed E-state index contributed by atoms with van der Waals surface area (Å²) < 4.78 is 25.7. The van der Waals surface area contributed by atoms with Crippen molar-refractivity contribution in [2.75, 3.05) is 47.3 Å². The molecule has 0 fully saturated rings. The minimum atomic E-state index is -0.419. The van der Waals surface area contributed by atoms with Crippen LogP contribution in [0.1, 0.15) is 12.8 Å². The summed E-state index contributed by atoms with van der Waals surface area (Å²) in [5, 5.41) is 0. The van der Waals surface area contributed by atoms with Gasteiger partial charge < -0.3 is 23.7 Å². The molecule has 0 unspecified atom stereocenters. The van der Waals surface area contributed by atoms with E-state index in [0.29, 0.717) is 45.9 Å². The highest BCUT2D eigenvalue weighted by molar-refractivity contribution is 5.81. The van der Waals surface area contributed by atoms with Crippen molar-refractivity contribution in [2.45, 2.75) is 19.1 Å². The summed E-state index contributed by atoms with van der Waals surface area (Å²) in [6.07, 6.45) is 2.09. The van der Waals surface area contributed by atoms with E-state index in [9.17, 15) is 4.79 Å². The molecule has 0 aliphatic carbocycles. The molecule has 0 aromatic rings. The highest BCUT2D eigenvalue weighted by Crippen LogP contribution is 2.05. The standard InChI is InChI=1S/C13H24O6/c1-4-12(14)17-7-5-6-13(18-10-8-15-2)19-11-9-16-3/h4,13H,1,5-11H2,2-3H3. The van der Waals surface area contributed by atoms with E-state index in [0.717, 1.165) is 6.08 Å². The van der Waals surface area contributed by atoms with Gasteiger partial charge in [-0.3, -0.25) is 0 Å². The monoisotopic (exact) mass is 276 g/mol. The molecule has 0 aromatic carbocycles. The fourth-order valence-corrected chi connectivity index (χ4v) is 1.22. The number of hydrogen-bond acceptors (Lipinski definition) is 6. The number of hydrogen-bond donors (Lipinski definition) is 0. The van der Waals surface area contributed by atoms with Crippen molar-refractivity contribution in [3.8, 4) is 0 Å². The van der Waals surface area contributed by atoms with Gasteiger partial charge in [-0.1, -0.05) is 6.58 Å². The molecule has 0 saturated heterocycles. The average molecular weight is 276 g/mol. The Morgan fingerprint density at radius 2 is 1.63 bits per heavy atom. The first-order valence-corrected chi connectivity index (χ1v) is 6.24. The molecule has 0 aliphatic heterocycles. The number of esters is 1. The van der Waals surface area contributed by atoms with Crippen LogP contribution in [0, 0.1) is 0 Å². The van der Waals surface area contributed by atoms with E-state index < -0.39 is 5.97 Å². The SMILES string of the molecule is C=CC(=O)OCCCC(OCCOC)OCCOC. The lowest BCUT2D eigenvalue weighted by Crippen LogP contribution is -2.22. The molecule has 6 nitrogen and oxygen atoms in total. The molecule has 0 atom stereocenters. The number of carbonyl (C=O) groups is 1. The molecule has 0 amide bonds. The van der Waals surface area contributed by atoms with E-state index in [4.69, 9.17) is 23.7 Å². The Labute approximate surface area is 114 Å². The van der Waals surface area contributed by atoms with Crippen molar-refractivity contribution in [1.82, 2.24) is 0 Å². The zero-order chi connectivity index (χ0) is 14.3. The van der Waals surface area contributed by atoms with Crippen molar-refractivity contribution in [3.63, 3.8) is 0 Å². The van der Waals surface area contributed by atoms with Crippen molar-refractivity contribution in [3.05, 3.63) is 12.7 Å². The van der Waals surface area contributed by atoms with Gasteiger partial charge in [-0.15, -0.1) is 0 Å². The Hall–Kier alpha value is -0.950. The molecule has 0 saturated carbocycles. The van der Waals surface area contributed by atoms with Gasteiger partial charge in [0, 0.05) is 26.7 Å². The van der Waals surface area contributed by atoms with Crippen LogP contribution >= 0.6 is 0 Å². The molecule has 112 valence electrons. The summed E-state index contributed by atoms with van der Waals surface area (Å²) in [6.45, 7) is 5.58. The van der Waals surface area contributed by atoms with Crippen LogP contribution in [-0.4, -0.2) is 59.5 Å². The molecule has 0 rings (SSSR count). The van der Waals surface area contributed by atoms with Gasteiger partial charge in [-0.05, 0) is 6.42 Å². The first-order chi connectivity index (χ1) is 9.24. The molecule has 0 heterocycles. The molecular formula is C13H24O6.